The molecule has 0 spiro atoms. The fourth-order valence-corrected chi connectivity index (χ4v) is 3.19. The molecule has 0 bridgehead atoms. The van der Waals surface area contributed by atoms with Gasteiger partial charge in [0.05, 0.1) is 0 Å². The number of rotatable bonds is 6. The smallest absolute Gasteiger partial charge is 0.260 e. The first-order valence-electron chi connectivity index (χ1n) is 9.34. The van der Waals surface area contributed by atoms with Crippen LogP contribution in [0.2, 0.25) is 5.02 Å². The quantitative estimate of drug-likeness (QED) is 0.618. The maximum Gasteiger partial charge on any atom is 0.260 e. The molecule has 0 saturated carbocycles. The van der Waals surface area contributed by atoms with E-state index in [0.717, 1.165) is 12.8 Å². The van der Waals surface area contributed by atoms with Gasteiger partial charge >= 0.3 is 0 Å². The van der Waals surface area contributed by atoms with Crippen LogP contribution < -0.4 is 9.47 Å². The first-order valence-corrected chi connectivity index (χ1v) is 9.72. The number of ether oxygens (including phenoxy) is 2. The molecular formula is C20H20ClN5O3. The van der Waals surface area contributed by atoms with Crippen molar-refractivity contribution in [3.63, 3.8) is 0 Å². The third kappa shape index (κ3) is 5.03. The Kier molecular flexibility index (Phi) is 5.90. The molecule has 1 fully saturated rings. The predicted molar refractivity (Wildman–Crippen MR) is 106 cm³/mol. The number of hydrogen-bond acceptors (Lipinski definition) is 6. The number of likely N-dealkylation sites (tertiary alicyclic amines) is 1. The standard InChI is InChI=1S/C20H20ClN5O3/c21-15-2-4-16(5-3-15)28-14-20(27)25-12-8-17(9-13-25)29-19-7-6-18(23-24-19)26-11-1-10-22-26/h1-7,10-11,17H,8-9,12-14H2. The molecule has 3 heterocycles. The van der Waals surface area contributed by atoms with Crippen molar-refractivity contribution in [2.45, 2.75) is 18.9 Å². The number of aromatic nitrogens is 4. The van der Waals surface area contributed by atoms with Gasteiger partial charge in [-0.05, 0) is 36.4 Å². The Morgan fingerprint density at radius 1 is 1.10 bits per heavy atom. The monoisotopic (exact) mass is 413 g/mol. The Labute approximate surface area is 173 Å². The molecule has 3 aromatic rings. The normalized spacial score (nSPS) is 14.6. The zero-order chi connectivity index (χ0) is 20.1. The lowest BCUT2D eigenvalue weighted by Gasteiger charge is -2.31. The van der Waals surface area contributed by atoms with E-state index in [1.54, 1.807) is 52.3 Å². The molecule has 0 atom stereocenters. The number of nitrogens with zero attached hydrogens (tertiary/aromatic N) is 5. The number of hydrogen-bond donors (Lipinski definition) is 0. The number of carbonyl (C=O) groups excluding carboxylic acids is 1. The summed E-state index contributed by atoms with van der Waals surface area (Å²) in [6.45, 7) is 1.24. The molecule has 0 aliphatic carbocycles. The van der Waals surface area contributed by atoms with Gasteiger partial charge in [0.15, 0.2) is 12.4 Å². The summed E-state index contributed by atoms with van der Waals surface area (Å²) in [6, 6.07) is 12.4. The Morgan fingerprint density at radius 2 is 1.90 bits per heavy atom. The summed E-state index contributed by atoms with van der Waals surface area (Å²) in [5.41, 5.74) is 0. The van der Waals surface area contributed by atoms with Crippen molar-refractivity contribution in [1.29, 1.82) is 0 Å². The lowest BCUT2D eigenvalue weighted by Crippen LogP contribution is -2.43. The van der Waals surface area contributed by atoms with E-state index in [-0.39, 0.29) is 18.6 Å². The molecule has 8 nitrogen and oxygen atoms in total. The predicted octanol–water partition coefficient (Wildman–Crippen LogP) is 2.76. The first kappa shape index (κ1) is 19.2. The lowest BCUT2D eigenvalue weighted by molar-refractivity contribution is -0.135. The summed E-state index contributed by atoms with van der Waals surface area (Å²) in [7, 11) is 0. The minimum absolute atomic E-state index is 0.00101. The molecule has 1 saturated heterocycles. The van der Waals surface area contributed by atoms with Gasteiger partial charge in [0.2, 0.25) is 5.88 Å². The van der Waals surface area contributed by atoms with Crippen LogP contribution in [0.25, 0.3) is 5.82 Å². The molecule has 1 aliphatic heterocycles. The number of piperidine rings is 1. The SMILES string of the molecule is O=C(COc1ccc(Cl)cc1)N1CCC(Oc2ccc(-n3cccn3)nn2)CC1. The average Bonchev–Trinajstić information content (AvgIpc) is 3.29. The summed E-state index contributed by atoms with van der Waals surface area (Å²) < 4.78 is 13.1. The van der Waals surface area contributed by atoms with Crippen LogP contribution in [0.1, 0.15) is 12.8 Å². The van der Waals surface area contributed by atoms with Crippen LogP contribution in [-0.2, 0) is 4.79 Å². The lowest BCUT2D eigenvalue weighted by atomic mass is 10.1. The van der Waals surface area contributed by atoms with Crippen LogP contribution in [0.4, 0.5) is 0 Å². The number of benzene rings is 1. The van der Waals surface area contributed by atoms with Gasteiger partial charge in [0.25, 0.3) is 5.91 Å². The maximum atomic E-state index is 12.4. The molecule has 1 aromatic carbocycles. The summed E-state index contributed by atoms with van der Waals surface area (Å²) >= 11 is 5.84. The van der Waals surface area contributed by atoms with Crippen molar-refractivity contribution in [3.8, 4) is 17.4 Å². The number of carbonyl (C=O) groups is 1. The van der Waals surface area contributed by atoms with Gasteiger partial charge in [-0.1, -0.05) is 11.6 Å². The Morgan fingerprint density at radius 3 is 2.55 bits per heavy atom. The number of amides is 1. The van der Waals surface area contributed by atoms with Gasteiger partial charge in [0, 0.05) is 49.4 Å². The van der Waals surface area contributed by atoms with Crippen LogP contribution in [0.5, 0.6) is 11.6 Å². The second-order valence-corrected chi connectivity index (χ2v) is 7.06. The summed E-state index contributed by atoms with van der Waals surface area (Å²) in [5.74, 6) is 1.68. The Bertz CT molecular complexity index is 924. The van der Waals surface area contributed by atoms with Gasteiger partial charge in [0.1, 0.15) is 11.9 Å². The maximum absolute atomic E-state index is 12.4. The molecule has 1 aliphatic rings. The van der Waals surface area contributed by atoms with Crippen LogP contribution in [0.15, 0.2) is 54.9 Å². The summed E-state index contributed by atoms with van der Waals surface area (Å²) in [4.78, 5) is 14.2. The largest absolute Gasteiger partial charge is 0.484 e. The molecular weight excluding hydrogens is 394 g/mol. The fraction of sp³-hybridized carbons (Fsp3) is 0.300. The van der Waals surface area contributed by atoms with Gasteiger partial charge in [-0.15, -0.1) is 10.2 Å². The molecule has 0 radical (unpaired) electrons. The first-order chi connectivity index (χ1) is 14.2. The highest BCUT2D eigenvalue weighted by Crippen LogP contribution is 2.19. The van der Waals surface area contributed by atoms with Gasteiger partial charge in [-0.25, -0.2) is 4.68 Å². The molecule has 2 aromatic heterocycles. The highest BCUT2D eigenvalue weighted by molar-refractivity contribution is 6.30. The van der Waals surface area contributed by atoms with Crippen molar-refractivity contribution in [2.75, 3.05) is 19.7 Å². The topological polar surface area (TPSA) is 82.4 Å². The fourth-order valence-electron chi connectivity index (χ4n) is 3.06. The Balaban J connectivity index is 1.22. The third-order valence-corrected chi connectivity index (χ3v) is 4.88. The summed E-state index contributed by atoms with van der Waals surface area (Å²) in [5, 5.41) is 13.0. The van der Waals surface area contributed by atoms with E-state index in [2.05, 4.69) is 15.3 Å². The third-order valence-electron chi connectivity index (χ3n) is 4.62. The molecule has 150 valence electrons. The van der Waals surface area contributed by atoms with Gasteiger partial charge in [-0.3, -0.25) is 4.79 Å². The van der Waals surface area contributed by atoms with Crippen LogP contribution >= 0.6 is 11.6 Å². The van der Waals surface area contributed by atoms with Crippen molar-refractivity contribution in [1.82, 2.24) is 24.9 Å². The zero-order valence-electron chi connectivity index (χ0n) is 15.6. The molecule has 0 unspecified atom stereocenters. The molecule has 4 rings (SSSR count). The second kappa shape index (κ2) is 8.91. The van der Waals surface area contributed by atoms with Gasteiger partial charge < -0.3 is 14.4 Å². The average molecular weight is 414 g/mol. The van der Waals surface area contributed by atoms with Crippen LogP contribution in [0, 0.1) is 0 Å². The summed E-state index contributed by atoms with van der Waals surface area (Å²) in [6.07, 6.45) is 4.95. The van der Waals surface area contributed by atoms with E-state index < -0.39 is 0 Å². The van der Waals surface area contributed by atoms with E-state index in [9.17, 15) is 4.79 Å². The van der Waals surface area contributed by atoms with Crippen molar-refractivity contribution in [2.24, 2.45) is 0 Å². The molecule has 0 N–H and O–H groups in total. The van der Waals surface area contributed by atoms with E-state index in [0.29, 0.717) is 35.6 Å². The van der Waals surface area contributed by atoms with E-state index in [1.165, 1.54) is 0 Å². The molecule has 29 heavy (non-hydrogen) atoms. The Hall–Kier alpha value is -3.13. The highest BCUT2D eigenvalue weighted by atomic mass is 35.5. The second-order valence-electron chi connectivity index (χ2n) is 6.62. The minimum Gasteiger partial charge on any atom is -0.484 e. The van der Waals surface area contributed by atoms with Crippen LogP contribution in [-0.4, -0.2) is 56.6 Å². The van der Waals surface area contributed by atoms with E-state index in [4.69, 9.17) is 21.1 Å². The zero-order valence-corrected chi connectivity index (χ0v) is 16.4. The number of halogens is 1. The van der Waals surface area contributed by atoms with Crippen molar-refractivity contribution < 1.29 is 14.3 Å². The molecule has 1 amide bonds. The molecule has 9 heteroatoms. The van der Waals surface area contributed by atoms with E-state index >= 15 is 0 Å². The van der Waals surface area contributed by atoms with E-state index in [1.807, 2.05) is 12.1 Å². The highest BCUT2D eigenvalue weighted by Gasteiger charge is 2.24. The minimum atomic E-state index is -0.0400. The van der Waals surface area contributed by atoms with Crippen molar-refractivity contribution in [3.05, 3.63) is 59.9 Å². The van der Waals surface area contributed by atoms with Crippen LogP contribution in [0.3, 0.4) is 0 Å². The van der Waals surface area contributed by atoms with Crippen molar-refractivity contribution >= 4 is 17.5 Å². The van der Waals surface area contributed by atoms with Gasteiger partial charge in [-0.2, -0.15) is 5.10 Å².